The number of cyclic esters (lactones) is 1. The normalized spacial score (nSPS) is 17.5. The van der Waals surface area contributed by atoms with Gasteiger partial charge in [0.1, 0.15) is 6.61 Å². The maximum Gasteiger partial charge on any atom is 0.338 e. The summed E-state index contributed by atoms with van der Waals surface area (Å²) in [4.78, 5) is 45.3. The number of nitrogens with zero attached hydrogens (tertiary/aromatic N) is 6. The number of hydrogen-bond donors (Lipinski definition) is 2. The van der Waals surface area contributed by atoms with E-state index in [1.165, 1.54) is 0 Å². The topological polar surface area (TPSA) is 125 Å². The third-order valence-corrected chi connectivity index (χ3v) is 7.03. The number of piperazine rings is 1. The van der Waals surface area contributed by atoms with E-state index in [4.69, 9.17) is 24.4 Å². The molecule has 0 saturated carbocycles. The summed E-state index contributed by atoms with van der Waals surface area (Å²) in [6.45, 7) is 6.58. The molecule has 0 atom stereocenters. The number of likely N-dealkylation sites (N-methyl/N-ethyl adjacent to an activating group) is 1. The highest BCUT2D eigenvalue weighted by Crippen LogP contribution is 2.25. The summed E-state index contributed by atoms with van der Waals surface area (Å²) in [5.41, 5.74) is 3.32. The molecule has 0 bridgehead atoms. The van der Waals surface area contributed by atoms with Crippen LogP contribution in [0.2, 0.25) is 0 Å². The minimum atomic E-state index is -0.389. The predicted molar refractivity (Wildman–Crippen MR) is 146 cm³/mol. The number of ether oxygens (including phenoxy) is 2. The van der Waals surface area contributed by atoms with Crippen LogP contribution in [0.15, 0.2) is 42.5 Å². The van der Waals surface area contributed by atoms with Crippen molar-refractivity contribution in [3.63, 3.8) is 0 Å². The Hall–Kier alpha value is -4.29. The van der Waals surface area contributed by atoms with Gasteiger partial charge in [-0.2, -0.15) is 15.0 Å². The summed E-state index contributed by atoms with van der Waals surface area (Å²) in [5, 5.41) is 5.64. The summed E-state index contributed by atoms with van der Waals surface area (Å²) in [6, 6.07) is 12.1. The van der Waals surface area contributed by atoms with E-state index in [2.05, 4.69) is 32.4 Å². The predicted octanol–water partition coefficient (Wildman–Crippen LogP) is 2.44. The van der Waals surface area contributed by atoms with E-state index in [1.807, 2.05) is 24.3 Å². The molecule has 0 spiro atoms. The van der Waals surface area contributed by atoms with Crippen LogP contribution in [0.4, 0.5) is 28.1 Å². The van der Waals surface area contributed by atoms with Crippen LogP contribution < -0.4 is 20.4 Å². The highest BCUT2D eigenvalue weighted by Gasteiger charge is 2.23. The van der Waals surface area contributed by atoms with Crippen LogP contribution in [0, 0.1) is 0 Å². The van der Waals surface area contributed by atoms with Gasteiger partial charge in [0.25, 0.3) is 0 Å². The number of rotatable bonds is 5. The minimum absolute atomic E-state index is 0.216. The van der Waals surface area contributed by atoms with Gasteiger partial charge in [-0.25, -0.2) is 9.59 Å². The molecule has 39 heavy (non-hydrogen) atoms. The van der Waals surface area contributed by atoms with Gasteiger partial charge in [0.2, 0.25) is 11.9 Å². The second kappa shape index (κ2) is 10.8. The molecular weight excluding hydrogens is 500 g/mol. The monoisotopic (exact) mass is 530 g/mol. The van der Waals surface area contributed by atoms with Gasteiger partial charge in [-0.15, -0.1) is 0 Å². The van der Waals surface area contributed by atoms with Crippen molar-refractivity contribution in [3.05, 3.63) is 53.6 Å². The number of benzene rings is 2. The van der Waals surface area contributed by atoms with Crippen molar-refractivity contribution in [2.24, 2.45) is 0 Å². The first-order valence-electron chi connectivity index (χ1n) is 13.0. The number of morpholine rings is 1. The van der Waals surface area contributed by atoms with Crippen molar-refractivity contribution in [3.8, 4) is 11.4 Å². The highest BCUT2D eigenvalue weighted by atomic mass is 16.5. The maximum absolute atomic E-state index is 12.6. The van der Waals surface area contributed by atoms with Gasteiger partial charge in [0.15, 0.2) is 5.82 Å². The molecule has 1 aromatic heterocycles. The fourth-order valence-electron chi connectivity index (χ4n) is 4.74. The number of carbonyl (C=O) groups excluding carboxylic acids is 2. The summed E-state index contributed by atoms with van der Waals surface area (Å²) >= 11 is 0. The van der Waals surface area contributed by atoms with Crippen LogP contribution in [-0.4, -0.2) is 91.4 Å². The van der Waals surface area contributed by atoms with Crippen molar-refractivity contribution in [2.75, 3.05) is 80.0 Å². The van der Waals surface area contributed by atoms with Gasteiger partial charge in [-0.1, -0.05) is 0 Å². The molecule has 3 aliphatic rings. The lowest BCUT2D eigenvalue weighted by atomic mass is 10.1. The molecule has 12 heteroatoms. The SMILES string of the molecule is CN1CCN(c2nc(-c3ccc(NC(=O)Nc4ccc5c(c4)COC5=O)cc3)nc(N3CCOCC3)n2)CC1. The quantitative estimate of drug-likeness (QED) is 0.475. The van der Waals surface area contributed by atoms with Crippen LogP contribution in [0.1, 0.15) is 15.9 Å². The second-order valence-corrected chi connectivity index (χ2v) is 9.75. The zero-order valence-corrected chi connectivity index (χ0v) is 21.7. The van der Waals surface area contributed by atoms with Crippen LogP contribution in [0.5, 0.6) is 0 Å². The third-order valence-electron chi connectivity index (χ3n) is 7.03. The average Bonchev–Trinajstić information content (AvgIpc) is 3.33. The lowest BCUT2D eigenvalue weighted by molar-refractivity contribution is 0.0535. The Morgan fingerprint density at radius 3 is 2.18 bits per heavy atom. The fourth-order valence-corrected chi connectivity index (χ4v) is 4.74. The minimum Gasteiger partial charge on any atom is -0.457 e. The third kappa shape index (κ3) is 5.61. The number of carbonyl (C=O) groups is 2. The second-order valence-electron chi connectivity index (χ2n) is 9.75. The zero-order valence-electron chi connectivity index (χ0n) is 21.7. The van der Waals surface area contributed by atoms with E-state index in [9.17, 15) is 9.59 Å². The number of fused-ring (bicyclic) bond motifs is 1. The first-order valence-corrected chi connectivity index (χ1v) is 13.0. The van der Waals surface area contributed by atoms with Crippen molar-refractivity contribution in [1.29, 1.82) is 0 Å². The van der Waals surface area contributed by atoms with Crippen LogP contribution in [-0.2, 0) is 16.1 Å². The molecule has 2 fully saturated rings. The Balaban J connectivity index is 1.18. The average molecular weight is 531 g/mol. The van der Waals surface area contributed by atoms with Crippen molar-refractivity contribution in [1.82, 2.24) is 19.9 Å². The number of anilines is 4. The van der Waals surface area contributed by atoms with E-state index < -0.39 is 0 Å². The van der Waals surface area contributed by atoms with E-state index in [1.54, 1.807) is 18.2 Å². The van der Waals surface area contributed by atoms with E-state index in [0.717, 1.165) is 50.4 Å². The lowest BCUT2D eigenvalue weighted by Crippen LogP contribution is -2.45. The van der Waals surface area contributed by atoms with Crippen LogP contribution in [0.3, 0.4) is 0 Å². The molecule has 3 aromatic rings. The summed E-state index contributed by atoms with van der Waals surface area (Å²) in [5.74, 6) is 1.58. The van der Waals surface area contributed by atoms with E-state index in [-0.39, 0.29) is 18.6 Å². The van der Waals surface area contributed by atoms with Gasteiger partial charge in [-0.3, -0.25) is 0 Å². The van der Waals surface area contributed by atoms with E-state index >= 15 is 0 Å². The Kier molecular flexibility index (Phi) is 6.95. The molecule has 0 unspecified atom stereocenters. The number of urea groups is 1. The molecule has 2 amide bonds. The molecule has 2 saturated heterocycles. The smallest absolute Gasteiger partial charge is 0.338 e. The van der Waals surface area contributed by atoms with Gasteiger partial charge in [0.05, 0.1) is 18.8 Å². The lowest BCUT2D eigenvalue weighted by Gasteiger charge is -2.33. The largest absolute Gasteiger partial charge is 0.457 e. The number of hydrogen-bond acceptors (Lipinski definition) is 10. The van der Waals surface area contributed by atoms with Gasteiger partial charge < -0.3 is 34.8 Å². The Bertz CT molecular complexity index is 1370. The van der Waals surface area contributed by atoms with Crippen molar-refractivity contribution < 1.29 is 19.1 Å². The van der Waals surface area contributed by atoms with Crippen molar-refractivity contribution >= 4 is 35.3 Å². The zero-order chi connectivity index (χ0) is 26.8. The number of nitrogens with one attached hydrogen (secondary N) is 2. The summed E-state index contributed by atoms with van der Waals surface area (Å²) < 4.78 is 10.5. The molecule has 6 rings (SSSR count). The molecule has 0 radical (unpaired) electrons. The van der Waals surface area contributed by atoms with Gasteiger partial charge >= 0.3 is 12.0 Å². The van der Waals surface area contributed by atoms with Crippen LogP contribution >= 0.6 is 0 Å². The Labute approximate surface area is 225 Å². The highest BCUT2D eigenvalue weighted by molar-refractivity contribution is 6.01. The van der Waals surface area contributed by atoms with Gasteiger partial charge in [0, 0.05) is 61.8 Å². The molecule has 3 aliphatic heterocycles. The van der Waals surface area contributed by atoms with E-state index in [0.29, 0.717) is 47.9 Å². The molecule has 4 heterocycles. The first-order chi connectivity index (χ1) is 19.0. The molecule has 0 aliphatic carbocycles. The van der Waals surface area contributed by atoms with Crippen LogP contribution in [0.25, 0.3) is 11.4 Å². The summed E-state index contributed by atoms with van der Waals surface area (Å²) in [7, 11) is 2.12. The Morgan fingerprint density at radius 1 is 0.821 bits per heavy atom. The Morgan fingerprint density at radius 2 is 1.46 bits per heavy atom. The number of aromatic nitrogens is 3. The summed E-state index contributed by atoms with van der Waals surface area (Å²) in [6.07, 6.45) is 0. The number of esters is 1. The molecule has 2 aromatic carbocycles. The molecular formula is C27H30N8O4. The fraction of sp³-hybridized carbons (Fsp3) is 0.370. The maximum atomic E-state index is 12.6. The molecule has 12 nitrogen and oxygen atoms in total. The first kappa shape index (κ1) is 25.0. The number of amides is 2. The molecule has 202 valence electrons. The standard InChI is InChI=1S/C27H30N8O4/c1-33-8-10-34(11-9-33)25-30-23(31-26(32-25)35-12-14-38-15-13-35)18-2-4-20(5-3-18)28-27(37)29-21-6-7-22-19(16-21)17-39-24(22)36/h2-7,16H,8-15,17H2,1H3,(H2,28,29,37). The van der Waals surface area contributed by atoms with Crippen molar-refractivity contribution in [2.45, 2.75) is 6.61 Å². The molecule has 2 N–H and O–H groups in total. The van der Waals surface area contributed by atoms with Gasteiger partial charge in [-0.05, 0) is 49.5 Å².